The molecule has 1 aliphatic carbocycles. The van der Waals surface area contributed by atoms with E-state index in [9.17, 15) is 14.7 Å². The lowest BCUT2D eigenvalue weighted by Crippen LogP contribution is -2.25. The summed E-state index contributed by atoms with van der Waals surface area (Å²) in [7, 11) is 4.16. The molecule has 0 saturated heterocycles. The van der Waals surface area contributed by atoms with Gasteiger partial charge < -0.3 is 19.3 Å². The van der Waals surface area contributed by atoms with Crippen LogP contribution in [0, 0.1) is 0 Å². The van der Waals surface area contributed by atoms with Gasteiger partial charge >= 0.3 is 0 Å². The molecule has 0 aliphatic heterocycles. The minimum absolute atomic E-state index is 0.0268. The van der Waals surface area contributed by atoms with E-state index in [1.807, 2.05) is 0 Å². The van der Waals surface area contributed by atoms with Gasteiger partial charge in [-0.1, -0.05) is 6.08 Å². The molecule has 0 fully saturated rings. The van der Waals surface area contributed by atoms with Gasteiger partial charge in [0.25, 0.3) is 0 Å². The number of hydrogen-bond acceptors (Lipinski definition) is 6. The van der Waals surface area contributed by atoms with Gasteiger partial charge in [0.2, 0.25) is 11.6 Å². The summed E-state index contributed by atoms with van der Waals surface area (Å²) in [5.41, 5.74) is 0.0386. The first-order valence-corrected chi connectivity index (χ1v) is 6.47. The summed E-state index contributed by atoms with van der Waals surface area (Å²) < 4.78 is 15.6. The average molecular weight is 304 g/mol. The topological polar surface area (TPSA) is 82.1 Å². The van der Waals surface area contributed by atoms with E-state index in [-0.39, 0.29) is 46.1 Å². The third-order valence-corrected chi connectivity index (χ3v) is 3.43. The summed E-state index contributed by atoms with van der Waals surface area (Å²) in [5.74, 6) is -1.29. The zero-order valence-corrected chi connectivity index (χ0v) is 12.6. The van der Waals surface area contributed by atoms with Crippen molar-refractivity contribution >= 4 is 17.3 Å². The molecule has 0 amide bonds. The first-order valence-electron chi connectivity index (χ1n) is 6.47. The van der Waals surface area contributed by atoms with Crippen LogP contribution < -0.4 is 14.2 Å². The predicted molar refractivity (Wildman–Crippen MR) is 79.8 cm³/mol. The summed E-state index contributed by atoms with van der Waals surface area (Å²) >= 11 is 0. The van der Waals surface area contributed by atoms with E-state index in [0.29, 0.717) is 0 Å². The Bertz CT molecular complexity index is 699. The van der Waals surface area contributed by atoms with Crippen molar-refractivity contribution in [1.82, 2.24) is 0 Å². The van der Waals surface area contributed by atoms with E-state index >= 15 is 0 Å². The van der Waals surface area contributed by atoms with Crippen molar-refractivity contribution in [3.63, 3.8) is 0 Å². The molecule has 1 N–H and O–H groups in total. The number of methoxy groups -OCH3 is 3. The van der Waals surface area contributed by atoms with Crippen LogP contribution in [0.5, 0.6) is 17.2 Å². The average Bonchev–Trinajstić information content (AvgIpc) is 2.54. The minimum Gasteiger partial charge on any atom is -0.507 e. The van der Waals surface area contributed by atoms with Gasteiger partial charge in [-0.25, -0.2) is 0 Å². The molecule has 116 valence electrons. The van der Waals surface area contributed by atoms with Crippen LogP contribution in [0.2, 0.25) is 0 Å². The van der Waals surface area contributed by atoms with E-state index < -0.39 is 11.6 Å². The zero-order chi connectivity index (χ0) is 16.4. The molecular formula is C16H16O6. The molecule has 1 aromatic carbocycles. The van der Waals surface area contributed by atoms with E-state index in [1.54, 1.807) is 0 Å². The van der Waals surface area contributed by atoms with E-state index in [0.717, 1.165) is 0 Å². The largest absolute Gasteiger partial charge is 0.507 e. The van der Waals surface area contributed by atoms with Crippen LogP contribution in [-0.4, -0.2) is 38.0 Å². The second-order valence-electron chi connectivity index (χ2n) is 4.54. The van der Waals surface area contributed by atoms with Gasteiger partial charge in [-0.05, 0) is 6.42 Å². The number of carbonyl (C=O) groups is 2. The summed E-state index contributed by atoms with van der Waals surface area (Å²) in [5, 5.41) is 10.5. The number of Topliss-reactive ketones (excluding diaryl/α,β-unsaturated/α-hetero) is 2. The molecular weight excluding hydrogens is 288 g/mol. The summed E-state index contributed by atoms with van der Waals surface area (Å²) in [4.78, 5) is 24.6. The van der Waals surface area contributed by atoms with Crippen molar-refractivity contribution < 1.29 is 28.9 Å². The van der Waals surface area contributed by atoms with Gasteiger partial charge in [0, 0.05) is 11.6 Å². The number of rotatable bonds is 5. The Hall–Kier alpha value is -2.76. The van der Waals surface area contributed by atoms with Crippen molar-refractivity contribution in [1.29, 1.82) is 0 Å². The van der Waals surface area contributed by atoms with E-state index in [2.05, 4.69) is 6.58 Å². The quantitative estimate of drug-likeness (QED) is 0.664. The van der Waals surface area contributed by atoms with Gasteiger partial charge in [0.15, 0.2) is 11.5 Å². The van der Waals surface area contributed by atoms with Crippen molar-refractivity contribution in [2.45, 2.75) is 6.42 Å². The number of hydrogen-bond donors (Lipinski definition) is 1. The van der Waals surface area contributed by atoms with Crippen LogP contribution in [-0.2, 0) is 4.79 Å². The minimum atomic E-state index is -0.782. The molecule has 0 bridgehead atoms. The van der Waals surface area contributed by atoms with Crippen LogP contribution in [0.1, 0.15) is 22.3 Å². The third-order valence-electron chi connectivity index (χ3n) is 3.43. The van der Waals surface area contributed by atoms with Gasteiger partial charge in [0.05, 0.1) is 32.5 Å². The fourth-order valence-corrected chi connectivity index (χ4v) is 2.43. The number of carbonyl (C=O) groups excluding carboxylic acids is 2. The number of ether oxygens (including phenoxy) is 3. The van der Waals surface area contributed by atoms with Gasteiger partial charge in [0.1, 0.15) is 11.5 Å². The Morgan fingerprint density at radius 3 is 2.18 bits per heavy atom. The SMILES string of the molecule is C=CCC1=C(O)c2c(OC)c(OC)cc(OC)c2C(=O)C1=O. The molecule has 0 radical (unpaired) electrons. The Labute approximate surface area is 127 Å². The van der Waals surface area contributed by atoms with Gasteiger partial charge in [-0.2, -0.15) is 0 Å². The number of aliphatic hydroxyl groups excluding tert-OH is 1. The first-order chi connectivity index (χ1) is 10.5. The number of aliphatic hydroxyl groups is 1. The van der Waals surface area contributed by atoms with Crippen LogP contribution in [0.3, 0.4) is 0 Å². The highest BCUT2D eigenvalue weighted by Crippen LogP contribution is 2.46. The highest BCUT2D eigenvalue weighted by atomic mass is 16.5. The lowest BCUT2D eigenvalue weighted by Gasteiger charge is -2.23. The van der Waals surface area contributed by atoms with Gasteiger partial charge in [-0.15, -0.1) is 6.58 Å². The van der Waals surface area contributed by atoms with Gasteiger partial charge in [-0.3, -0.25) is 9.59 Å². The van der Waals surface area contributed by atoms with Crippen LogP contribution >= 0.6 is 0 Å². The third kappa shape index (κ3) is 2.13. The molecule has 6 nitrogen and oxygen atoms in total. The fraction of sp³-hybridized carbons (Fsp3) is 0.250. The van der Waals surface area contributed by atoms with E-state index in [1.165, 1.54) is 33.5 Å². The number of ketones is 2. The van der Waals surface area contributed by atoms with Crippen LogP contribution in [0.15, 0.2) is 24.3 Å². The molecule has 0 heterocycles. The number of fused-ring (bicyclic) bond motifs is 1. The molecule has 6 heteroatoms. The highest BCUT2D eigenvalue weighted by Gasteiger charge is 2.38. The second-order valence-corrected chi connectivity index (χ2v) is 4.54. The molecule has 0 spiro atoms. The standard InChI is InChI=1S/C16H16O6/c1-5-6-8-13(17)12-11(15(19)14(8)18)9(20-2)7-10(21-3)16(12)22-4/h5,7,17H,1,6H2,2-4H3. The number of allylic oxidation sites excluding steroid dienone is 2. The Morgan fingerprint density at radius 1 is 1.05 bits per heavy atom. The monoisotopic (exact) mass is 304 g/mol. The predicted octanol–water partition coefficient (Wildman–Crippen LogP) is 2.32. The maximum atomic E-state index is 12.4. The van der Waals surface area contributed by atoms with Crippen molar-refractivity contribution in [3.8, 4) is 17.2 Å². The number of benzene rings is 1. The summed E-state index contributed by atoms with van der Waals surface area (Å²) in [6.45, 7) is 3.53. The Kier molecular flexibility index (Phi) is 4.21. The smallest absolute Gasteiger partial charge is 0.237 e. The molecule has 1 aromatic rings. The maximum absolute atomic E-state index is 12.4. The van der Waals surface area contributed by atoms with Crippen molar-refractivity contribution in [3.05, 3.63) is 35.4 Å². The molecule has 0 aromatic heterocycles. The second kappa shape index (κ2) is 5.93. The van der Waals surface area contributed by atoms with Crippen LogP contribution in [0.25, 0.3) is 5.76 Å². The molecule has 22 heavy (non-hydrogen) atoms. The maximum Gasteiger partial charge on any atom is 0.237 e. The molecule has 0 saturated carbocycles. The summed E-state index contributed by atoms with van der Waals surface area (Å²) in [6, 6.07) is 1.44. The lowest BCUT2D eigenvalue weighted by atomic mass is 9.85. The molecule has 2 rings (SSSR count). The Balaban J connectivity index is 2.92. The normalized spacial score (nSPS) is 13.8. The Morgan fingerprint density at radius 2 is 1.68 bits per heavy atom. The molecule has 0 unspecified atom stereocenters. The molecule has 1 aliphatic rings. The van der Waals surface area contributed by atoms with E-state index in [4.69, 9.17) is 14.2 Å². The fourth-order valence-electron chi connectivity index (χ4n) is 2.43. The lowest BCUT2D eigenvalue weighted by molar-refractivity contribution is -0.112. The highest BCUT2D eigenvalue weighted by molar-refractivity contribution is 6.53. The molecule has 0 atom stereocenters. The zero-order valence-electron chi connectivity index (χ0n) is 12.6. The van der Waals surface area contributed by atoms with Crippen LogP contribution in [0.4, 0.5) is 0 Å². The van der Waals surface area contributed by atoms with Crippen molar-refractivity contribution in [2.75, 3.05) is 21.3 Å². The summed E-state index contributed by atoms with van der Waals surface area (Å²) in [6.07, 6.45) is 1.50. The van der Waals surface area contributed by atoms with Crippen molar-refractivity contribution in [2.24, 2.45) is 0 Å². The first kappa shape index (κ1) is 15.6.